The molecule has 0 aliphatic carbocycles. The fourth-order valence-electron chi connectivity index (χ4n) is 2.74. The molecule has 3 rings (SSSR count). The Hall–Kier alpha value is -2.54. The first kappa shape index (κ1) is 17.3. The smallest absolute Gasteiger partial charge is 0.322 e. The summed E-state index contributed by atoms with van der Waals surface area (Å²) in [6, 6.07) is 6.77. The second-order valence-electron chi connectivity index (χ2n) is 5.96. The molecule has 7 nitrogen and oxygen atoms in total. The van der Waals surface area contributed by atoms with Crippen LogP contribution in [0.5, 0.6) is 0 Å². The summed E-state index contributed by atoms with van der Waals surface area (Å²) in [6.45, 7) is 3.40. The van der Waals surface area contributed by atoms with E-state index < -0.39 is 0 Å². The fraction of sp³-hybridized carbons (Fsp3) is 0.353. The van der Waals surface area contributed by atoms with E-state index in [2.05, 4.69) is 15.5 Å². The Morgan fingerprint density at radius 1 is 1.44 bits per heavy atom. The van der Waals surface area contributed by atoms with Gasteiger partial charge in [-0.05, 0) is 25.1 Å². The first-order chi connectivity index (χ1) is 12.0. The number of carbonyl (C=O) groups excluding carboxylic acids is 2. The summed E-state index contributed by atoms with van der Waals surface area (Å²) in [5, 5.41) is 10.5. The third kappa shape index (κ3) is 3.61. The van der Waals surface area contributed by atoms with Gasteiger partial charge in [0.25, 0.3) is 5.91 Å². The van der Waals surface area contributed by atoms with Crippen molar-refractivity contribution < 1.29 is 9.59 Å². The molecule has 0 bridgehead atoms. The molecule has 0 saturated heterocycles. The molecule has 0 unspecified atom stereocenters. The van der Waals surface area contributed by atoms with Crippen molar-refractivity contribution in [3.8, 4) is 0 Å². The van der Waals surface area contributed by atoms with E-state index in [9.17, 15) is 9.59 Å². The van der Waals surface area contributed by atoms with Gasteiger partial charge in [-0.2, -0.15) is 5.10 Å². The van der Waals surface area contributed by atoms with E-state index in [1.54, 1.807) is 41.1 Å². The van der Waals surface area contributed by atoms with Crippen molar-refractivity contribution in [2.45, 2.75) is 19.9 Å². The molecule has 0 spiro atoms. The summed E-state index contributed by atoms with van der Waals surface area (Å²) in [5.74, 6) is -0.142. The van der Waals surface area contributed by atoms with Gasteiger partial charge in [0.15, 0.2) is 5.69 Å². The third-order valence-corrected chi connectivity index (χ3v) is 4.56. The predicted molar refractivity (Wildman–Crippen MR) is 95.8 cm³/mol. The van der Waals surface area contributed by atoms with Crippen LogP contribution in [0.3, 0.4) is 0 Å². The quantitative estimate of drug-likeness (QED) is 0.882. The number of aromatic nitrogens is 2. The largest absolute Gasteiger partial charge is 0.341 e. The molecule has 0 atom stereocenters. The zero-order chi connectivity index (χ0) is 18.0. The maximum absolute atomic E-state index is 12.5. The molecule has 132 valence electrons. The molecule has 25 heavy (non-hydrogen) atoms. The summed E-state index contributed by atoms with van der Waals surface area (Å²) in [4.78, 5) is 28.2. The molecule has 3 amide bonds. The summed E-state index contributed by atoms with van der Waals surface area (Å²) in [6.07, 6.45) is 0.633. The average Bonchev–Trinajstić information content (AvgIpc) is 3.03. The van der Waals surface area contributed by atoms with Crippen LogP contribution in [0.1, 0.15) is 28.7 Å². The molecule has 0 saturated carbocycles. The van der Waals surface area contributed by atoms with Crippen molar-refractivity contribution in [2.75, 3.05) is 25.5 Å². The van der Waals surface area contributed by atoms with E-state index in [1.165, 1.54) is 0 Å². The molecule has 0 radical (unpaired) electrons. The van der Waals surface area contributed by atoms with Crippen LogP contribution in [0, 0.1) is 0 Å². The lowest BCUT2D eigenvalue weighted by Crippen LogP contribution is -2.39. The van der Waals surface area contributed by atoms with Crippen LogP contribution in [0.25, 0.3) is 0 Å². The van der Waals surface area contributed by atoms with Crippen molar-refractivity contribution in [2.24, 2.45) is 0 Å². The number of amides is 3. The number of hydrogen-bond acceptors (Lipinski definition) is 3. The molecule has 1 aromatic carbocycles. The van der Waals surface area contributed by atoms with Gasteiger partial charge in [0.05, 0.1) is 6.54 Å². The van der Waals surface area contributed by atoms with E-state index in [1.807, 2.05) is 6.92 Å². The number of H-pyrrole nitrogens is 1. The average molecular weight is 362 g/mol. The molecule has 2 aromatic rings. The van der Waals surface area contributed by atoms with Crippen molar-refractivity contribution >= 4 is 29.2 Å². The Bertz CT molecular complexity index is 804. The number of fused-ring (bicyclic) bond motifs is 1. The van der Waals surface area contributed by atoms with Gasteiger partial charge in [-0.15, -0.1) is 0 Å². The van der Waals surface area contributed by atoms with E-state index >= 15 is 0 Å². The SMILES string of the molecule is CCN(C)C(=O)c1n[nH]c2c1CN(C(=O)Nc1cccc(Cl)c1)CC2. The first-order valence-corrected chi connectivity index (χ1v) is 8.50. The van der Waals surface area contributed by atoms with Crippen LogP contribution in [-0.4, -0.2) is 52.1 Å². The highest BCUT2D eigenvalue weighted by molar-refractivity contribution is 6.30. The second kappa shape index (κ2) is 7.14. The highest BCUT2D eigenvalue weighted by atomic mass is 35.5. The van der Waals surface area contributed by atoms with Gasteiger partial charge in [-0.1, -0.05) is 17.7 Å². The standard InChI is InChI=1S/C17H20ClN5O2/c1-3-22(2)16(24)15-13-10-23(8-7-14(13)20-21-15)17(25)19-12-6-4-5-11(18)9-12/h4-6,9H,3,7-8,10H2,1-2H3,(H,19,25)(H,20,21). The Labute approximate surface area is 150 Å². The number of benzene rings is 1. The van der Waals surface area contributed by atoms with E-state index in [4.69, 9.17) is 11.6 Å². The maximum atomic E-state index is 12.5. The van der Waals surface area contributed by atoms with Gasteiger partial charge in [0.1, 0.15) is 0 Å². The Morgan fingerprint density at radius 3 is 2.96 bits per heavy atom. The molecule has 0 fully saturated rings. The van der Waals surface area contributed by atoms with Gasteiger partial charge < -0.3 is 15.1 Å². The topological polar surface area (TPSA) is 81.3 Å². The van der Waals surface area contributed by atoms with Crippen LogP contribution in [0.15, 0.2) is 24.3 Å². The second-order valence-corrected chi connectivity index (χ2v) is 6.40. The number of nitrogens with zero attached hydrogens (tertiary/aromatic N) is 3. The van der Waals surface area contributed by atoms with Gasteiger partial charge in [0, 0.05) is 48.5 Å². The number of urea groups is 1. The fourth-order valence-corrected chi connectivity index (χ4v) is 2.93. The molecule has 2 N–H and O–H groups in total. The lowest BCUT2D eigenvalue weighted by molar-refractivity contribution is 0.0794. The molecular weight excluding hydrogens is 342 g/mol. The van der Waals surface area contributed by atoms with Crippen molar-refractivity contribution in [1.29, 1.82) is 0 Å². The summed E-state index contributed by atoms with van der Waals surface area (Å²) in [7, 11) is 1.73. The number of rotatable bonds is 3. The normalized spacial score (nSPS) is 13.3. The lowest BCUT2D eigenvalue weighted by Gasteiger charge is -2.27. The number of halogens is 1. The third-order valence-electron chi connectivity index (χ3n) is 4.32. The number of anilines is 1. The number of carbonyl (C=O) groups is 2. The molecule has 8 heteroatoms. The van der Waals surface area contributed by atoms with Crippen molar-refractivity contribution in [3.63, 3.8) is 0 Å². The highest BCUT2D eigenvalue weighted by Crippen LogP contribution is 2.22. The summed E-state index contributed by atoms with van der Waals surface area (Å²) in [5.41, 5.74) is 2.73. The molecular formula is C17H20ClN5O2. The van der Waals surface area contributed by atoms with Crippen LogP contribution in [-0.2, 0) is 13.0 Å². The molecule has 1 aliphatic heterocycles. The first-order valence-electron chi connectivity index (χ1n) is 8.12. The summed E-state index contributed by atoms with van der Waals surface area (Å²) < 4.78 is 0. The number of nitrogens with one attached hydrogen (secondary N) is 2. The van der Waals surface area contributed by atoms with Crippen LogP contribution in [0.4, 0.5) is 10.5 Å². The molecule has 1 aliphatic rings. The van der Waals surface area contributed by atoms with Gasteiger partial charge in [0.2, 0.25) is 0 Å². The van der Waals surface area contributed by atoms with Crippen LogP contribution < -0.4 is 5.32 Å². The minimum atomic E-state index is -0.226. The highest BCUT2D eigenvalue weighted by Gasteiger charge is 2.28. The van der Waals surface area contributed by atoms with Gasteiger partial charge >= 0.3 is 6.03 Å². The Morgan fingerprint density at radius 2 is 2.24 bits per heavy atom. The summed E-state index contributed by atoms with van der Waals surface area (Å²) >= 11 is 5.95. The van der Waals surface area contributed by atoms with Crippen LogP contribution in [0.2, 0.25) is 5.02 Å². The van der Waals surface area contributed by atoms with Crippen molar-refractivity contribution in [3.05, 3.63) is 46.2 Å². The minimum absolute atomic E-state index is 0.142. The van der Waals surface area contributed by atoms with E-state index in [-0.39, 0.29) is 11.9 Å². The Balaban J connectivity index is 1.75. The number of hydrogen-bond donors (Lipinski definition) is 2. The molecule has 2 heterocycles. The lowest BCUT2D eigenvalue weighted by atomic mass is 10.1. The van der Waals surface area contributed by atoms with Gasteiger partial charge in [-0.3, -0.25) is 9.89 Å². The minimum Gasteiger partial charge on any atom is -0.341 e. The predicted octanol–water partition coefficient (Wildman–Crippen LogP) is 2.75. The van der Waals surface area contributed by atoms with Crippen LogP contribution >= 0.6 is 11.6 Å². The monoisotopic (exact) mass is 361 g/mol. The van der Waals surface area contributed by atoms with Gasteiger partial charge in [-0.25, -0.2) is 4.79 Å². The number of aromatic amines is 1. The molecule has 1 aromatic heterocycles. The zero-order valence-corrected chi connectivity index (χ0v) is 14.9. The Kier molecular flexibility index (Phi) is 4.94. The van der Waals surface area contributed by atoms with E-state index in [0.717, 1.165) is 11.3 Å². The van der Waals surface area contributed by atoms with E-state index in [0.29, 0.717) is 42.5 Å². The zero-order valence-electron chi connectivity index (χ0n) is 14.2. The maximum Gasteiger partial charge on any atom is 0.322 e. The van der Waals surface area contributed by atoms with Crippen molar-refractivity contribution in [1.82, 2.24) is 20.0 Å².